The molecule has 0 bridgehead atoms. The van der Waals surface area contributed by atoms with Gasteiger partial charge in [0.15, 0.2) is 0 Å². The summed E-state index contributed by atoms with van der Waals surface area (Å²) in [5, 5.41) is 21.4. The molecular formula is C18H19N3O3S. The summed E-state index contributed by atoms with van der Waals surface area (Å²) < 4.78 is 0. The number of hydrogen-bond acceptors (Lipinski definition) is 5. The normalized spacial score (nSPS) is 19.6. The maximum absolute atomic E-state index is 12.5. The van der Waals surface area contributed by atoms with Crippen molar-refractivity contribution in [2.24, 2.45) is 11.8 Å². The lowest BCUT2D eigenvalue weighted by Crippen LogP contribution is -2.34. The van der Waals surface area contributed by atoms with E-state index >= 15 is 0 Å². The van der Waals surface area contributed by atoms with Crippen LogP contribution >= 0.6 is 11.3 Å². The van der Waals surface area contributed by atoms with Crippen molar-refractivity contribution < 1.29 is 14.7 Å². The van der Waals surface area contributed by atoms with Gasteiger partial charge in [-0.25, -0.2) is 0 Å². The van der Waals surface area contributed by atoms with E-state index in [4.69, 9.17) is 0 Å². The van der Waals surface area contributed by atoms with Crippen LogP contribution in [0.4, 0.5) is 5.13 Å². The van der Waals surface area contributed by atoms with E-state index < -0.39 is 17.8 Å². The Labute approximate surface area is 149 Å². The number of carbonyl (C=O) groups excluding carboxylic acids is 1. The van der Waals surface area contributed by atoms with E-state index in [9.17, 15) is 14.7 Å². The average molecular weight is 357 g/mol. The fraction of sp³-hybridized carbons (Fsp3) is 0.333. The van der Waals surface area contributed by atoms with Gasteiger partial charge in [0.2, 0.25) is 11.0 Å². The SMILES string of the molecule is CCc1ccccc1-c1nnc(NC(=O)C2CC=CCC2C(=O)O)s1. The first kappa shape index (κ1) is 17.3. The minimum absolute atomic E-state index is 0.316. The molecule has 1 aromatic heterocycles. The second kappa shape index (κ2) is 7.57. The molecule has 0 aliphatic heterocycles. The number of anilines is 1. The van der Waals surface area contributed by atoms with Crippen molar-refractivity contribution in [2.45, 2.75) is 26.2 Å². The molecule has 0 saturated heterocycles. The molecule has 2 atom stereocenters. The van der Waals surface area contributed by atoms with Crippen LogP contribution < -0.4 is 5.32 Å². The van der Waals surface area contributed by atoms with Crippen molar-refractivity contribution in [3.8, 4) is 10.6 Å². The molecule has 0 saturated carbocycles. The number of allylic oxidation sites excluding steroid dienone is 2. The van der Waals surface area contributed by atoms with Crippen LogP contribution in [0.3, 0.4) is 0 Å². The number of nitrogens with zero attached hydrogens (tertiary/aromatic N) is 2. The Morgan fingerprint density at radius 2 is 1.92 bits per heavy atom. The van der Waals surface area contributed by atoms with Gasteiger partial charge in [0, 0.05) is 5.56 Å². The van der Waals surface area contributed by atoms with Crippen molar-refractivity contribution in [1.29, 1.82) is 0 Å². The van der Waals surface area contributed by atoms with Gasteiger partial charge in [0.25, 0.3) is 0 Å². The maximum atomic E-state index is 12.5. The third-order valence-electron chi connectivity index (χ3n) is 4.37. The number of carboxylic acids is 1. The van der Waals surface area contributed by atoms with Crippen LogP contribution in [0.25, 0.3) is 10.6 Å². The summed E-state index contributed by atoms with van der Waals surface area (Å²) in [5.74, 6) is -2.54. The smallest absolute Gasteiger partial charge is 0.307 e. The number of aliphatic carboxylic acids is 1. The number of carbonyl (C=O) groups is 2. The molecule has 1 aliphatic carbocycles. The summed E-state index contributed by atoms with van der Waals surface area (Å²) in [5.41, 5.74) is 2.17. The topological polar surface area (TPSA) is 92.2 Å². The maximum Gasteiger partial charge on any atom is 0.307 e. The van der Waals surface area contributed by atoms with E-state index in [2.05, 4.69) is 22.4 Å². The zero-order valence-electron chi connectivity index (χ0n) is 13.8. The standard InChI is InChI=1S/C18H19N3O3S/c1-2-11-7-3-4-8-12(11)16-20-21-18(25-16)19-15(22)13-9-5-6-10-14(13)17(23)24/h3-8,13-14H,2,9-10H2,1H3,(H,23,24)(H,19,21,22). The molecule has 130 valence electrons. The molecule has 1 aromatic carbocycles. The summed E-state index contributed by atoms with van der Waals surface area (Å²) in [4.78, 5) is 23.8. The Kier molecular flexibility index (Phi) is 5.23. The molecule has 25 heavy (non-hydrogen) atoms. The first-order chi connectivity index (χ1) is 12.1. The Balaban J connectivity index is 1.76. The van der Waals surface area contributed by atoms with Crippen LogP contribution in [0.2, 0.25) is 0 Å². The van der Waals surface area contributed by atoms with Crippen molar-refractivity contribution in [3.63, 3.8) is 0 Å². The molecule has 2 N–H and O–H groups in total. The van der Waals surface area contributed by atoms with Gasteiger partial charge in [-0.1, -0.05) is 54.7 Å². The average Bonchev–Trinajstić information content (AvgIpc) is 3.09. The minimum Gasteiger partial charge on any atom is -0.481 e. The zero-order valence-corrected chi connectivity index (χ0v) is 14.6. The van der Waals surface area contributed by atoms with E-state index in [1.807, 2.05) is 36.4 Å². The van der Waals surface area contributed by atoms with Gasteiger partial charge >= 0.3 is 5.97 Å². The fourth-order valence-electron chi connectivity index (χ4n) is 2.99. The number of hydrogen-bond donors (Lipinski definition) is 2. The molecule has 2 unspecified atom stereocenters. The molecular weight excluding hydrogens is 338 g/mol. The molecule has 0 spiro atoms. The van der Waals surface area contributed by atoms with Crippen LogP contribution in [-0.4, -0.2) is 27.2 Å². The van der Waals surface area contributed by atoms with Crippen molar-refractivity contribution in [3.05, 3.63) is 42.0 Å². The van der Waals surface area contributed by atoms with E-state index in [0.717, 1.165) is 17.0 Å². The molecule has 1 amide bonds. The number of nitrogens with one attached hydrogen (secondary N) is 1. The number of amides is 1. The van der Waals surface area contributed by atoms with Crippen LogP contribution in [0.1, 0.15) is 25.3 Å². The monoisotopic (exact) mass is 357 g/mol. The number of aromatic nitrogens is 2. The summed E-state index contributed by atoms with van der Waals surface area (Å²) in [7, 11) is 0. The summed E-state index contributed by atoms with van der Waals surface area (Å²) >= 11 is 1.30. The number of carboxylic acid groups (broad SMARTS) is 1. The summed E-state index contributed by atoms with van der Waals surface area (Å²) in [6.07, 6.45) is 5.35. The predicted octanol–water partition coefficient (Wildman–Crippen LogP) is 3.37. The van der Waals surface area contributed by atoms with Gasteiger partial charge in [0.1, 0.15) is 5.01 Å². The molecule has 0 radical (unpaired) electrons. The number of rotatable bonds is 5. The van der Waals surface area contributed by atoms with Crippen molar-refractivity contribution in [1.82, 2.24) is 10.2 Å². The third-order valence-corrected chi connectivity index (χ3v) is 5.24. The largest absolute Gasteiger partial charge is 0.481 e. The predicted molar refractivity (Wildman–Crippen MR) is 96.3 cm³/mol. The lowest BCUT2D eigenvalue weighted by molar-refractivity contribution is -0.146. The van der Waals surface area contributed by atoms with Crippen LogP contribution in [-0.2, 0) is 16.0 Å². The number of aryl methyl sites for hydroxylation is 1. The number of benzene rings is 1. The van der Waals surface area contributed by atoms with Gasteiger partial charge in [-0.3, -0.25) is 9.59 Å². The first-order valence-electron chi connectivity index (χ1n) is 8.20. The van der Waals surface area contributed by atoms with E-state index in [0.29, 0.717) is 18.0 Å². The Hall–Kier alpha value is -2.54. The Morgan fingerprint density at radius 1 is 1.20 bits per heavy atom. The van der Waals surface area contributed by atoms with Gasteiger partial charge < -0.3 is 10.4 Å². The van der Waals surface area contributed by atoms with E-state index in [-0.39, 0.29) is 5.91 Å². The van der Waals surface area contributed by atoms with Crippen LogP contribution in [0, 0.1) is 11.8 Å². The highest BCUT2D eigenvalue weighted by atomic mass is 32.1. The van der Waals surface area contributed by atoms with Gasteiger partial charge in [-0.2, -0.15) is 0 Å². The highest BCUT2D eigenvalue weighted by molar-refractivity contribution is 7.18. The molecule has 3 rings (SSSR count). The molecule has 1 heterocycles. The second-order valence-corrected chi connectivity index (χ2v) is 6.88. The highest BCUT2D eigenvalue weighted by Crippen LogP contribution is 2.31. The summed E-state index contributed by atoms with van der Waals surface area (Å²) in [6.45, 7) is 2.07. The van der Waals surface area contributed by atoms with Gasteiger partial charge in [-0.15, -0.1) is 10.2 Å². The fourth-order valence-corrected chi connectivity index (χ4v) is 3.80. The molecule has 1 aliphatic rings. The van der Waals surface area contributed by atoms with Crippen molar-refractivity contribution in [2.75, 3.05) is 5.32 Å². The van der Waals surface area contributed by atoms with Gasteiger partial charge in [0.05, 0.1) is 11.8 Å². The van der Waals surface area contributed by atoms with E-state index in [1.165, 1.54) is 16.9 Å². The first-order valence-corrected chi connectivity index (χ1v) is 9.02. The Morgan fingerprint density at radius 3 is 2.64 bits per heavy atom. The van der Waals surface area contributed by atoms with E-state index in [1.54, 1.807) is 0 Å². The molecule has 2 aromatic rings. The molecule has 6 nitrogen and oxygen atoms in total. The third kappa shape index (κ3) is 3.76. The van der Waals surface area contributed by atoms with Crippen LogP contribution in [0.5, 0.6) is 0 Å². The highest BCUT2D eigenvalue weighted by Gasteiger charge is 2.34. The lowest BCUT2D eigenvalue weighted by Gasteiger charge is -2.23. The summed E-state index contributed by atoms with van der Waals surface area (Å²) in [6, 6.07) is 7.95. The minimum atomic E-state index is -0.945. The quantitative estimate of drug-likeness (QED) is 0.801. The molecule has 0 fully saturated rings. The Bertz CT molecular complexity index is 815. The molecule has 7 heteroatoms. The van der Waals surface area contributed by atoms with Crippen LogP contribution in [0.15, 0.2) is 36.4 Å². The lowest BCUT2D eigenvalue weighted by atomic mass is 9.82. The zero-order chi connectivity index (χ0) is 17.8. The van der Waals surface area contributed by atoms with Crippen molar-refractivity contribution >= 4 is 28.3 Å². The second-order valence-electron chi connectivity index (χ2n) is 5.91. The van der Waals surface area contributed by atoms with Gasteiger partial charge in [-0.05, 0) is 24.8 Å².